The quantitative estimate of drug-likeness (QED) is 0.747. The third kappa shape index (κ3) is 4.53. The first-order chi connectivity index (χ1) is 9.74. The Bertz CT molecular complexity index is 578. The summed E-state index contributed by atoms with van der Waals surface area (Å²) in [6, 6.07) is 1.83. The Morgan fingerprint density at radius 1 is 1.20 bits per heavy atom. The van der Waals surface area contributed by atoms with Crippen molar-refractivity contribution in [1.29, 1.82) is 0 Å². The van der Waals surface area contributed by atoms with E-state index in [1.807, 2.05) is 37.3 Å². The fourth-order valence-corrected chi connectivity index (χ4v) is 1.54. The predicted molar refractivity (Wildman–Crippen MR) is 87.1 cm³/mol. The van der Waals surface area contributed by atoms with E-state index < -0.39 is 0 Å². The van der Waals surface area contributed by atoms with Crippen LogP contribution in [0.25, 0.3) is 5.57 Å². The second-order valence-corrected chi connectivity index (χ2v) is 3.81. The summed E-state index contributed by atoms with van der Waals surface area (Å²) in [6.07, 6.45) is 14.4. The largest absolute Gasteiger partial charge is 0.324 e. The average molecular weight is 265 g/mol. The van der Waals surface area contributed by atoms with Gasteiger partial charge in [0.25, 0.3) is 0 Å². The first-order valence-corrected chi connectivity index (χ1v) is 6.26. The number of rotatable bonds is 7. The molecule has 0 atom stereocenters. The lowest BCUT2D eigenvalue weighted by Crippen LogP contribution is -2.03. The van der Waals surface area contributed by atoms with Gasteiger partial charge in [0, 0.05) is 11.9 Å². The molecule has 0 aromatic carbocycles. The molecule has 3 nitrogen and oxygen atoms in total. The van der Waals surface area contributed by atoms with Crippen LogP contribution in [-0.4, -0.2) is 9.97 Å². The van der Waals surface area contributed by atoms with E-state index in [0.29, 0.717) is 5.95 Å². The van der Waals surface area contributed by atoms with Crippen LogP contribution in [0.2, 0.25) is 0 Å². The van der Waals surface area contributed by atoms with Crippen LogP contribution in [-0.2, 0) is 0 Å². The summed E-state index contributed by atoms with van der Waals surface area (Å²) < 4.78 is 0. The maximum absolute atomic E-state index is 4.45. The molecule has 1 rings (SSSR count). The lowest BCUT2D eigenvalue weighted by Gasteiger charge is -2.07. The lowest BCUT2D eigenvalue weighted by atomic mass is 10.1. The maximum Gasteiger partial charge on any atom is 0.227 e. The molecule has 1 aromatic rings. The van der Waals surface area contributed by atoms with Crippen molar-refractivity contribution in [3.63, 3.8) is 0 Å². The molecular weight excluding hydrogens is 246 g/mol. The summed E-state index contributed by atoms with van der Waals surface area (Å²) in [5, 5.41) is 3.14. The van der Waals surface area contributed by atoms with Gasteiger partial charge in [0.1, 0.15) is 0 Å². The molecule has 20 heavy (non-hydrogen) atoms. The molecule has 0 saturated heterocycles. The van der Waals surface area contributed by atoms with Crippen LogP contribution in [0.15, 0.2) is 80.2 Å². The SMILES string of the molecule is C=C/C=C(\C=C/C)Nc1nccc(/C(C=C)=C/C=C)n1. The Morgan fingerprint density at radius 2 is 1.95 bits per heavy atom. The van der Waals surface area contributed by atoms with Crippen molar-refractivity contribution >= 4 is 11.5 Å². The number of anilines is 1. The summed E-state index contributed by atoms with van der Waals surface area (Å²) in [5.74, 6) is 0.519. The first kappa shape index (κ1) is 15.4. The molecule has 1 N–H and O–H groups in total. The number of aromatic nitrogens is 2. The van der Waals surface area contributed by atoms with Crippen molar-refractivity contribution < 1.29 is 0 Å². The Kier molecular flexibility index (Phi) is 6.48. The third-order valence-electron chi connectivity index (χ3n) is 2.37. The monoisotopic (exact) mass is 265 g/mol. The number of hydrogen-bond donors (Lipinski definition) is 1. The van der Waals surface area contributed by atoms with Crippen LogP contribution < -0.4 is 5.32 Å². The Balaban J connectivity index is 3.07. The van der Waals surface area contributed by atoms with Gasteiger partial charge < -0.3 is 5.32 Å². The Morgan fingerprint density at radius 3 is 2.55 bits per heavy atom. The van der Waals surface area contributed by atoms with E-state index in [-0.39, 0.29) is 0 Å². The summed E-state index contributed by atoms with van der Waals surface area (Å²) in [7, 11) is 0. The minimum absolute atomic E-state index is 0.519. The zero-order valence-corrected chi connectivity index (χ0v) is 11.7. The van der Waals surface area contributed by atoms with Crippen molar-refractivity contribution in [2.24, 2.45) is 0 Å². The van der Waals surface area contributed by atoms with Crippen molar-refractivity contribution in [2.75, 3.05) is 5.32 Å². The smallest absolute Gasteiger partial charge is 0.227 e. The summed E-state index contributed by atoms with van der Waals surface area (Å²) in [4.78, 5) is 8.65. The molecule has 0 spiro atoms. The Hall–Kier alpha value is -2.68. The molecule has 0 fully saturated rings. The third-order valence-corrected chi connectivity index (χ3v) is 2.37. The molecule has 0 aliphatic heterocycles. The molecule has 0 bridgehead atoms. The van der Waals surface area contributed by atoms with E-state index >= 15 is 0 Å². The van der Waals surface area contributed by atoms with Crippen molar-refractivity contribution in [3.8, 4) is 0 Å². The highest BCUT2D eigenvalue weighted by molar-refractivity contribution is 5.72. The zero-order valence-electron chi connectivity index (χ0n) is 11.7. The molecule has 0 unspecified atom stereocenters. The first-order valence-electron chi connectivity index (χ1n) is 6.26. The van der Waals surface area contributed by atoms with Crippen molar-refractivity contribution in [1.82, 2.24) is 9.97 Å². The molecule has 0 amide bonds. The minimum Gasteiger partial charge on any atom is -0.324 e. The van der Waals surface area contributed by atoms with E-state index in [1.165, 1.54) is 0 Å². The fourth-order valence-electron chi connectivity index (χ4n) is 1.54. The molecule has 3 heteroatoms. The molecule has 1 aromatic heterocycles. The lowest BCUT2D eigenvalue weighted by molar-refractivity contribution is 1.13. The molecular formula is C17H19N3. The van der Waals surface area contributed by atoms with Gasteiger partial charge in [0.05, 0.1) is 5.69 Å². The van der Waals surface area contributed by atoms with Crippen molar-refractivity contribution in [2.45, 2.75) is 6.92 Å². The van der Waals surface area contributed by atoms with Gasteiger partial charge in [-0.15, -0.1) is 0 Å². The van der Waals surface area contributed by atoms with Gasteiger partial charge in [-0.2, -0.15) is 0 Å². The highest BCUT2D eigenvalue weighted by atomic mass is 15.1. The van der Waals surface area contributed by atoms with Gasteiger partial charge in [-0.3, -0.25) is 0 Å². The average Bonchev–Trinajstić information content (AvgIpc) is 2.45. The molecule has 0 aliphatic rings. The van der Waals surface area contributed by atoms with Gasteiger partial charge in [-0.25, -0.2) is 9.97 Å². The van der Waals surface area contributed by atoms with E-state index in [4.69, 9.17) is 0 Å². The van der Waals surface area contributed by atoms with E-state index in [9.17, 15) is 0 Å². The zero-order chi connectivity index (χ0) is 14.8. The van der Waals surface area contributed by atoms with Gasteiger partial charge >= 0.3 is 0 Å². The molecule has 1 heterocycles. The summed E-state index contributed by atoms with van der Waals surface area (Å²) in [6.45, 7) is 13.1. The standard InChI is InChI=1S/C17H19N3/c1-5-9-14(8-4)16-12-13-18-17(20-16)19-15(10-6-2)11-7-3/h5-13H,1-2,4H2,3H3,(H,18,19,20)/b11-7-,14-9+,15-10+. The van der Waals surface area contributed by atoms with Gasteiger partial charge in [-0.05, 0) is 30.7 Å². The number of nitrogens with zero attached hydrogens (tertiary/aromatic N) is 2. The second-order valence-electron chi connectivity index (χ2n) is 3.81. The Labute approximate surface area is 120 Å². The summed E-state index contributed by atoms with van der Waals surface area (Å²) >= 11 is 0. The van der Waals surface area contributed by atoms with Crippen LogP contribution in [0, 0.1) is 0 Å². The number of nitrogens with one attached hydrogen (secondary N) is 1. The maximum atomic E-state index is 4.45. The minimum atomic E-state index is 0.519. The van der Waals surface area contributed by atoms with Crippen LogP contribution in [0.5, 0.6) is 0 Å². The summed E-state index contributed by atoms with van der Waals surface area (Å²) in [5.41, 5.74) is 2.55. The van der Waals surface area contributed by atoms with Crippen LogP contribution in [0.4, 0.5) is 5.95 Å². The van der Waals surface area contributed by atoms with Crippen LogP contribution >= 0.6 is 0 Å². The molecule has 0 radical (unpaired) electrons. The van der Waals surface area contributed by atoms with E-state index in [0.717, 1.165) is 17.0 Å². The molecule has 0 saturated carbocycles. The fraction of sp³-hybridized carbons (Fsp3) is 0.0588. The van der Waals surface area contributed by atoms with Gasteiger partial charge in [0.2, 0.25) is 5.95 Å². The molecule has 0 aliphatic carbocycles. The van der Waals surface area contributed by atoms with E-state index in [2.05, 4.69) is 35.0 Å². The number of allylic oxidation sites excluding steroid dienone is 8. The molecule has 102 valence electrons. The van der Waals surface area contributed by atoms with Gasteiger partial charge in [0.15, 0.2) is 0 Å². The topological polar surface area (TPSA) is 37.8 Å². The highest BCUT2D eigenvalue weighted by Gasteiger charge is 2.02. The number of hydrogen-bond acceptors (Lipinski definition) is 3. The predicted octanol–water partition coefficient (Wildman–Crippen LogP) is 4.29. The van der Waals surface area contributed by atoms with E-state index in [1.54, 1.807) is 24.4 Å². The van der Waals surface area contributed by atoms with Gasteiger partial charge in [-0.1, -0.05) is 50.1 Å². The highest BCUT2D eigenvalue weighted by Crippen LogP contribution is 2.15. The normalized spacial score (nSPS) is 12.2. The van der Waals surface area contributed by atoms with Crippen molar-refractivity contribution in [3.05, 3.63) is 85.9 Å². The van der Waals surface area contributed by atoms with Crippen LogP contribution in [0.3, 0.4) is 0 Å². The van der Waals surface area contributed by atoms with Crippen LogP contribution in [0.1, 0.15) is 12.6 Å². The second kappa shape index (κ2) is 8.43.